The largest absolute Gasteiger partial charge is 0.462 e. The molecule has 5 rings (SSSR count). The maximum atomic E-state index is 14.2. The van der Waals surface area contributed by atoms with E-state index in [0.717, 1.165) is 13.8 Å². The molecule has 14 heteroatoms. The minimum atomic E-state index is -2.19. The maximum absolute atomic E-state index is 14.2. The summed E-state index contributed by atoms with van der Waals surface area (Å²) in [6.07, 6.45) is -8.34. The predicted molar refractivity (Wildman–Crippen MR) is 174 cm³/mol. The van der Waals surface area contributed by atoms with Gasteiger partial charge in [-0.1, -0.05) is 39.0 Å². The molecule has 51 heavy (non-hydrogen) atoms. The third kappa shape index (κ3) is 6.19. The third-order valence-electron chi connectivity index (χ3n) is 11.3. The second-order valence-corrected chi connectivity index (χ2v) is 14.7. The average Bonchev–Trinajstić information content (AvgIpc) is 3.00. The molecule has 0 amide bonds. The van der Waals surface area contributed by atoms with Crippen molar-refractivity contribution in [3.63, 3.8) is 0 Å². The van der Waals surface area contributed by atoms with Crippen LogP contribution in [0, 0.1) is 16.7 Å². The Morgan fingerprint density at radius 1 is 0.765 bits per heavy atom. The molecule has 10 atom stereocenters. The van der Waals surface area contributed by atoms with Crippen molar-refractivity contribution in [3.05, 3.63) is 47.0 Å². The maximum Gasteiger partial charge on any atom is 0.338 e. The zero-order chi connectivity index (χ0) is 37.8. The van der Waals surface area contributed by atoms with Gasteiger partial charge in [0.05, 0.1) is 23.5 Å². The normalized spacial score (nSPS) is 36.3. The number of hydrogen-bond donors (Lipinski definition) is 1. The molecule has 0 aromatic heterocycles. The molecule has 1 aliphatic heterocycles. The van der Waals surface area contributed by atoms with Crippen molar-refractivity contribution >= 4 is 35.8 Å². The topological polar surface area (TPSA) is 187 Å². The van der Waals surface area contributed by atoms with Crippen LogP contribution in [0.4, 0.5) is 0 Å². The summed E-state index contributed by atoms with van der Waals surface area (Å²) in [5, 5.41) is 13.5. The summed E-state index contributed by atoms with van der Waals surface area (Å²) in [5.74, 6) is -5.93. The molecule has 1 aromatic rings. The fourth-order valence-corrected chi connectivity index (χ4v) is 9.16. The second-order valence-electron chi connectivity index (χ2n) is 14.7. The molecular weight excluding hydrogens is 668 g/mol. The van der Waals surface area contributed by atoms with Gasteiger partial charge in [0.25, 0.3) is 0 Å². The molecule has 2 saturated carbocycles. The lowest BCUT2D eigenvalue weighted by atomic mass is 9.44. The molecule has 1 heterocycles. The van der Waals surface area contributed by atoms with Gasteiger partial charge in [-0.15, -0.1) is 0 Å². The van der Waals surface area contributed by atoms with E-state index in [0.29, 0.717) is 5.57 Å². The molecular formula is C37H46O14. The van der Waals surface area contributed by atoms with Crippen molar-refractivity contribution in [2.45, 2.75) is 123 Å². The van der Waals surface area contributed by atoms with Crippen molar-refractivity contribution in [2.75, 3.05) is 6.61 Å². The summed E-state index contributed by atoms with van der Waals surface area (Å²) in [7, 11) is 0. The van der Waals surface area contributed by atoms with Crippen LogP contribution in [0.1, 0.15) is 85.5 Å². The average molecular weight is 715 g/mol. The fraction of sp³-hybridized carbons (Fsp3) is 0.622. The van der Waals surface area contributed by atoms with Gasteiger partial charge >= 0.3 is 35.8 Å². The molecule has 1 aromatic carbocycles. The molecule has 4 aliphatic rings. The number of aliphatic hydroxyl groups is 1. The van der Waals surface area contributed by atoms with Gasteiger partial charge in [-0.2, -0.15) is 0 Å². The van der Waals surface area contributed by atoms with E-state index in [1.165, 1.54) is 32.9 Å². The van der Waals surface area contributed by atoms with Gasteiger partial charge in [-0.25, -0.2) is 4.79 Å². The van der Waals surface area contributed by atoms with Gasteiger partial charge in [0.15, 0.2) is 17.8 Å². The zero-order valence-corrected chi connectivity index (χ0v) is 30.3. The van der Waals surface area contributed by atoms with Crippen LogP contribution >= 0.6 is 0 Å². The van der Waals surface area contributed by atoms with E-state index >= 15 is 0 Å². The summed E-state index contributed by atoms with van der Waals surface area (Å²) in [6, 6.07) is 8.02. The summed E-state index contributed by atoms with van der Waals surface area (Å²) < 4.78 is 42.5. The van der Waals surface area contributed by atoms with Crippen LogP contribution in [0.2, 0.25) is 0 Å². The number of esters is 6. The minimum Gasteiger partial charge on any atom is -0.462 e. The molecule has 1 N–H and O–H groups in total. The minimum absolute atomic E-state index is 0.0698. The van der Waals surface area contributed by atoms with Crippen LogP contribution in [0.5, 0.6) is 0 Å². The quantitative estimate of drug-likeness (QED) is 0.247. The highest BCUT2D eigenvalue weighted by Gasteiger charge is 2.79. The van der Waals surface area contributed by atoms with Gasteiger partial charge in [0, 0.05) is 52.9 Å². The number of fused-ring (bicyclic) bond motifs is 5. The standard InChI is InChI=1S/C37H46O14/c1-18-25(46-19(2)38)16-37(44)32(50-33(43)24-13-11-10-12-14-24)30-35(9,26(47-20(3)39)15-27-36(30,17-45-27)51-23(6)42)31(49-22(5)41)29(48-21(4)40)28(18)34(37,7)8/h10-14,25-27,29-32,44H,15-17H2,1-9H3/t25-,26-,27+,29+,30-,31-,32-,35+,36-,37+/m0/s1. The third-order valence-corrected chi connectivity index (χ3v) is 11.3. The van der Waals surface area contributed by atoms with E-state index in [1.54, 1.807) is 45.9 Å². The van der Waals surface area contributed by atoms with E-state index in [-0.39, 0.29) is 30.6 Å². The molecule has 1 saturated heterocycles. The van der Waals surface area contributed by atoms with E-state index < -0.39 is 100 Å². The molecule has 2 bridgehead atoms. The van der Waals surface area contributed by atoms with Gasteiger partial charge in [0.2, 0.25) is 0 Å². The van der Waals surface area contributed by atoms with Crippen LogP contribution < -0.4 is 0 Å². The van der Waals surface area contributed by atoms with Crippen molar-refractivity contribution in [3.8, 4) is 0 Å². The molecule has 0 radical (unpaired) electrons. The van der Waals surface area contributed by atoms with Crippen LogP contribution in [0.25, 0.3) is 0 Å². The lowest BCUT2D eigenvalue weighted by Gasteiger charge is -2.69. The van der Waals surface area contributed by atoms with Crippen molar-refractivity contribution < 1.29 is 67.0 Å². The van der Waals surface area contributed by atoms with Crippen LogP contribution in [-0.2, 0) is 57.1 Å². The van der Waals surface area contributed by atoms with Gasteiger partial charge in [0.1, 0.15) is 30.0 Å². The Hall–Kier alpha value is -4.30. The summed E-state index contributed by atoms with van der Waals surface area (Å²) in [6.45, 7) is 12.2. The van der Waals surface area contributed by atoms with E-state index in [2.05, 4.69) is 0 Å². The lowest BCUT2D eigenvalue weighted by Crippen LogP contribution is -2.82. The van der Waals surface area contributed by atoms with Gasteiger partial charge in [-0.3, -0.25) is 24.0 Å². The number of hydrogen-bond acceptors (Lipinski definition) is 14. The first-order chi connectivity index (χ1) is 23.7. The Kier molecular flexibility index (Phi) is 9.93. The van der Waals surface area contributed by atoms with E-state index in [1.807, 2.05) is 0 Å². The first-order valence-corrected chi connectivity index (χ1v) is 16.9. The molecule has 0 spiro atoms. The van der Waals surface area contributed by atoms with Crippen LogP contribution in [0.15, 0.2) is 41.5 Å². The Morgan fingerprint density at radius 2 is 1.35 bits per heavy atom. The number of carbonyl (C=O) groups is 6. The highest BCUT2D eigenvalue weighted by atomic mass is 16.6. The van der Waals surface area contributed by atoms with Crippen molar-refractivity contribution in [1.82, 2.24) is 0 Å². The summed E-state index contributed by atoms with van der Waals surface area (Å²) in [5.41, 5.74) is -6.32. The number of carbonyl (C=O) groups excluding carboxylic acids is 6. The zero-order valence-electron chi connectivity index (χ0n) is 30.3. The molecule has 0 unspecified atom stereocenters. The first-order valence-electron chi connectivity index (χ1n) is 16.9. The van der Waals surface area contributed by atoms with Crippen molar-refractivity contribution in [2.24, 2.45) is 16.7 Å². The van der Waals surface area contributed by atoms with Crippen LogP contribution in [-0.4, -0.2) is 95.4 Å². The van der Waals surface area contributed by atoms with Crippen molar-refractivity contribution in [1.29, 1.82) is 0 Å². The predicted octanol–water partition coefficient (Wildman–Crippen LogP) is 3.16. The second kappa shape index (κ2) is 13.4. The summed E-state index contributed by atoms with van der Waals surface area (Å²) >= 11 is 0. The number of benzene rings is 1. The number of rotatable bonds is 7. The first kappa shape index (κ1) is 37.9. The Balaban J connectivity index is 1.95. The summed E-state index contributed by atoms with van der Waals surface area (Å²) in [4.78, 5) is 78.6. The molecule has 14 nitrogen and oxygen atoms in total. The molecule has 3 aliphatic carbocycles. The highest BCUT2D eigenvalue weighted by molar-refractivity contribution is 5.89. The Bertz CT molecular complexity index is 1650. The van der Waals surface area contributed by atoms with Gasteiger partial charge in [-0.05, 0) is 30.2 Å². The SMILES string of the molecule is CC(=O)O[C@H]1C[C@@]2(O)[C@@H](OC(=O)c3ccccc3)[C@@H]3[C@]4(OC(C)=O)CO[C@@H]4C[C@H](OC(C)=O)[C@@]3(C)[C@@H](OC(C)=O)[C@H](OC(C)=O)C(=C1C)C2(C)C. The highest BCUT2D eigenvalue weighted by Crippen LogP contribution is 2.66. The van der Waals surface area contributed by atoms with Gasteiger partial charge < -0.3 is 38.3 Å². The fourth-order valence-electron chi connectivity index (χ4n) is 9.16. The van der Waals surface area contributed by atoms with Crippen LogP contribution in [0.3, 0.4) is 0 Å². The Labute approximate surface area is 296 Å². The lowest BCUT2D eigenvalue weighted by molar-refractivity contribution is -0.365. The van der Waals surface area contributed by atoms with E-state index in [4.69, 9.17) is 33.2 Å². The number of ether oxygens (including phenoxy) is 7. The monoisotopic (exact) mass is 714 g/mol. The smallest absolute Gasteiger partial charge is 0.338 e. The molecule has 3 fully saturated rings. The Morgan fingerprint density at radius 3 is 1.86 bits per heavy atom. The molecule has 278 valence electrons. The van der Waals surface area contributed by atoms with E-state index in [9.17, 15) is 33.9 Å².